The van der Waals surface area contributed by atoms with Gasteiger partial charge in [0.15, 0.2) is 0 Å². The first-order valence-corrected chi connectivity index (χ1v) is 6.53. The van der Waals surface area contributed by atoms with Gasteiger partial charge in [-0.1, -0.05) is 30.3 Å². The summed E-state index contributed by atoms with van der Waals surface area (Å²) in [5.74, 6) is 1.69. The molecular weight excluding hydrogens is 325 g/mol. The van der Waals surface area contributed by atoms with Crippen molar-refractivity contribution in [3.8, 4) is 11.5 Å². The lowest BCUT2D eigenvalue weighted by atomic mass is 10.1. The quantitative estimate of drug-likeness (QED) is 0.855. The van der Waals surface area contributed by atoms with Crippen LogP contribution in [0.5, 0.6) is 11.5 Å². The van der Waals surface area contributed by atoms with E-state index in [-0.39, 0.29) is 6.04 Å². The van der Waals surface area contributed by atoms with Crippen molar-refractivity contribution in [1.29, 1.82) is 0 Å². The molecule has 2 aromatic carbocycles. The highest BCUT2D eigenvalue weighted by molar-refractivity contribution is 14.1. The fourth-order valence-electron chi connectivity index (χ4n) is 1.60. The van der Waals surface area contributed by atoms with E-state index in [0.29, 0.717) is 0 Å². The molecule has 0 bridgehead atoms. The molecule has 2 aromatic rings. The van der Waals surface area contributed by atoms with Crippen molar-refractivity contribution in [3.05, 3.63) is 57.7 Å². The number of nitrogens with two attached hydrogens (primary N) is 1. The Morgan fingerprint density at radius 2 is 1.59 bits per heavy atom. The van der Waals surface area contributed by atoms with E-state index in [9.17, 15) is 0 Å². The number of hydrogen-bond acceptors (Lipinski definition) is 2. The van der Waals surface area contributed by atoms with Crippen LogP contribution in [0.15, 0.2) is 48.5 Å². The normalized spacial score (nSPS) is 12.2. The van der Waals surface area contributed by atoms with Crippen LogP contribution in [0.3, 0.4) is 0 Å². The van der Waals surface area contributed by atoms with Crippen molar-refractivity contribution in [1.82, 2.24) is 0 Å². The smallest absolute Gasteiger partial charge is 0.140 e. The van der Waals surface area contributed by atoms with Gasteiger partial charge < -0.3 is 10.5 Å². The minimum absolute atomic E-state index is 0.0347. The van der Waals surface area contributed by atoms with Crippen molar-refractivity contribution < 1.29 is 4.74 Å². The molecule has 0 saturated carbocycles. The predicted octanol–water partition coefficient (Wildman–Crippen LogP) is 4.10. The highest BCUT2D eigenvalue weighted by Gasteiger charge is 2.09. The molecule has 2 nitrogen and oxygen atoms in total. The van der Waals surface area contributed by atoms with Crippen LogP contribution in [-0.4, -0.2) is 0 Å². The Balaban J connectivity index is 2.34. The molecule has 1 unspecified atom stereocenters. The molecule has 0 aliphatic heterocycles. The Kier molecular flexibility index (Phi) is 4.02. The van der Waals surface area contributed by atoms with Crippen molar-refractivity contribution in [2.24, 2.45) is 5.73 Å². The lowest BCUT2D eigenvalue weighted by Gasteiger charge is -2.14. The molecule has 0 fully saturated rings. The van der Waals surface area contributed by atoms with Crippen molar-refractivity contribution in [3.63, 3.8) is 0 Å². The molecule has 0 aliphatic carbocycles. The van der Waals surface area contributed by atoms with Gasteiger partial charge in [-0.05, 0) is 47.7 Å². The molecule has 3 heteroatoms. The molecule has 1 atom stereocenters. The molecular formula is C14H14INO. The molecule has 0 aliphatic rings. The average Bonchev–Trinajstić information content (AvgIpc) is 2.32. The zero-order chi connectivity index (χ0) is 12.3. The molecule has 0 radical (unpaired) electrons. The maximum Gasteiger partial charge on any atom is 0.140 e. The van der Waals surface area contributed by atoms with Crippen LogP contribution >= 0.6 is 22.6 Å². The summed E-state index contributed by atoms with van der Waals surface area (Å²) < 4.78 is 7.00. The summed E-state index contributed by atoms with van der Waals surface area (Å²) in [5, 5.41) is 0. The standard InChI is InChI=1S/C14H14INO/c1-10(16)11-6-2-4-8-13(11)17-14-9-5-3-7-12(14)15/h2-10H,16H2,1H3. The van der Waals surface area contributed by atoms with E-state index in [1.807, 2.05) is 55.5 Å². The number of para-hydroxylation sites is 2. The maximum atomic E-state index is 5.92. The van der Waals surface area contributed by atoms with Crippen molar-refractivity contribution in [2.45, 2.75) is 13.0 Å². The first-order valence-electron chi connectivity index (χ1n) is 5.45. The summed E-state index contributed by atoms with van der Waals surface area (Å²) in [5.41, 5.74) is 6.94. The predicted molar refractivity (Wildman–Crippen MR) is 78.3 cm³/mol. The summed E-state index contributed by atoms with van der Waals surface area (Å²) >= 11 is 2.26. The Morgan fingerprint density at radius 1 is 1.00 bits per heavy atom. The fourth-order valence-corrected chi connectivity index (χ4v) is 2.09. The van der Waals surface area contributed by atoms with E-state index in [1.165, 1.54) is 0 Å². The molecule has 0 spiro atoms. The lowest BCUT2D eigenvalue weighted by Crippen LogP contribution is -2.06. The zero-order valence-electron chi connectivity index (χ0n) is 9.56. The van der Waals surface area contributed by atoms with Crippen molar-refractivity contribution in [2.75, 3.05) is 0 Å². The number of halogens is 1. The summed E-state index contributed by atoms with van der Waals surface area (Å²) in [6.45, 7) is 1.96. The fraction of sp³-hybridized carbons (Fsp3) is 0.143. The SMILES string of the molecule is CC(N)c1ccccc1Oc1ccccc1I. The van der Waals surface area contributed by atoms with E-state index in [4.69, 9.17) is 10.5 Å². The van der Waals surface area contributed by atoms with Gasteiger partial charge in [-0.3, -0.25) is 0 Å². The second-order valence-electron chi connectivity index (χ2n) is 3.86. The lowest BCUT2D eigenvalue weighted by molar-refractivity contribution is 0.469. The van der Waals surface area contributed by atoms with Crippen LogP contribution in [-0.2, 0) is 0 Å². The van der Waals surface area contributed by atoms with E-state index >= 15 is 0 Å². The van der Waals surface area contributed by atoms with E-state index in [1.54, 1.807) is 0 Å². The zero-order valence-corrected chi connectivity index (χ0v) is 11.7. The van der Waals surface area contributed by atoms with Crippen LogP contribution in [0.25, 0.3) is 0 Å². The van der Waals surface area contributed by atoms with Gasteiger partial charge in [0, 0.05) is 11.6 Å². The van der Waals surface area contributed by atoms with Crippen molar-refractivity contribution >= 4 is 22.6 Å². The molecule has 0 amide bonds. The van der Waals surface area contributed by atoms with Gasteiger partial charge >= 0.3 is 0 Å². The molecule has 2 rings (SSSR count). The molecule has 0 aromatic heterocycles. The summed E-state index contributed by atoms with van der Waals surface area (Å²) in [7, 11) is 0. The van der Waals surface area contributed by atoms with Gasteiger partial charge in [0.25, 0.3) is 0 Å². The van der Waals surface area contributed by atoms with Crippen LogP contribution in [0.2, 0.25) is 0 Å². The van der Waals surface area contributed by atoms with Gasteiger partial charge in [0.1, 0.15) is 11.5 Å². The van der Waals surface area contributed by atoms with Gasteiger partial charge in [-0.25, -0.2) is 0 Å². The highest BCUT2D eigenvalue weighted by atomic mass is 127. The third kappa shape index (κ3) is 2.98. The summed E-state index contributed by atoms with van der Waals surface area (Å²) in [6.07, 6.45) is 0. The van der Waals surface area contributed by atoms with E-state index in [0.717, 1.165) is 20.6 Å². The molecule has 0 saturated heterocycles. The maximum absolute atomic E-state index is 5.92. The van der Waals surface area contributed by atoms with Crippen LogP contribution in [0.4, 0.5) is 0 Å². The summed E-state index contributed by atoms with van der Waals surface area (Å²) in [4.78, 5) is 0. The number of hydrogen-bond donors (Lipinski definition) is 1. The molecule has 0 heterocycles. The first-order chi connectivity index (χ1) is 8.18. The molecule has 17 heavy (non-hydrogen) atoms. The molecule has 88 valence electrons. The number of rotatable bonds is 3. The second kappa shape index (κ2) is 5.51. The monoisotopic (exact) mass is 339 g/mol. The van der Waals surface area contributed by atoms with E-state index < -0.39 is 0 Å². The van der Waals surface area contributed by atoms with Gasteiger partial charge in [0.2, 0.25) is 0 Å². The van der Waals surface area contributed by atoms with E-state index in [2.05, 4.69) is 22.6 Å². The average molecular weight is 339 g/mol. The topological polar surface area (TPSA) is 35.2 Å². The third-order valence-electron chi connectivity index (χ3n) is 2.47. The first kappa shape index (κ1) is 12.4. The number of benzene rings is 2. The third-order valence-corrected chi connectivity index (χ3v) is 3.36. The molecule has 2 N–H and O–H groups in total. The van der Waals surface area contributed by atoms with Gasteiger partial charge in [-0.2, -0.15) is 0 Å². The summed E-state index contributed by atoms with van der Waals surface area (Å²) in [6, 6.07) is 15.8. The Morgan fingerprint density at radius 3 is 2.24 bits per heavy atom. The minimum atomic E-state index is -0.0347. The Bertz CT molecular complexity index is 511. The minimum Gasteiger partial charge on any atom is -0.456 e. The van der Waals surface area contributed by atoms with Gasteiger partial charge in [0.05, 0.1) is 3.57 Å². The van der Waals surface area contributed by atoms with Gasteiger partial charge in [-0.15, -0.1) is 0 Å². The van der Waals surface area contributed by atoms with Crippen LogP contribution < -0.4 is 10.5 Å². The Labute approximate surface area is 115 Å². The van der Waals surface area contributed by atoms with Crippen LogP contribution in [0.1, 0.15) is 18.5 Å². The highest BCUT2D eigenvalue weighted by Crippen LogP contribution is 2.30. The Hall–Kier alpha value is -1.07. The largest absolute Gasteiger partial charge is 0.456 e. The van der Waals surface area contributed by atoms with Crippen LogP contribution in [0, 0.1) is 3.57 Å². The number of ether oxygens (including phenoxy) is 1. The second-order valence-corrected chi connectivity index (χ2v) is 5.02.